The van der Waals surface area contributed by atoms with E-state index in [4.69, 9.17) is 25.8 Å². The van der Waals surface area contributed by atoms with E-state index in [1.807, 2.05) is 24.3 Å². The first kappa shape index (κ1) is 33.2. The molecule has 0 aliphatic heterocycles. The Balaban J connectivity index is 1.20. The van der Waals surface area contributed by atoms with Crippen molar-refractivity contribution < 1.29 is 23.8 Å². The molecule has 3 aromatic carbocycles. The third-order valence-electron chi connectivity index (χ3n) is 9.34. The van der Waals surface area contributed by atoms with Crippen LogP contribution in [-0.2, 0) is 22.4 Å². The Labute approximate surface area is 284 Å². The minimum atomic E-state index is -0.392. The maximum absolute atomic E-state index is 13.6. The van der Waals surface area contributed by atoms with E-state index < -0.39 is 6.04 Å². The minimum Gasteiger partial charge on any atom is -0.493 e. The van der Waals surface area contributed by atoms with Crippen molar-refractivity contribution >= 4 is 40.0 Å². The summed E-state index contributed by atoms with van der Waals surface area (Å²) in [7, 11) is 4.70. The van der Waals surface area contributed by atoms with Gasteiger partial charge < -0.3 is 35.1 Å². The Morgan fingerprint density at radius 1 is 0.958 bits per heavy atom. The van der Waals surface area contributed by atoms with Gasteiger partial charge in [0.2, 0.25) is 23.0 Å². The number of carbonyl (C=O) groups excluding carboxylic acids is 2. The van der Waals surface area contributed by atoms with Crippen molar-refractivity contribution in [3.63, 3.8) is 0 Å². The quantitative estimate of drug-likeness (QED) is 0.144. The van der Waals surface area contributed by atoms with Crippen LogP contribution in [0.15, 0.2) is 47.3 Å². The van der Waals surface area contributed by atoms with Gasteiger partial charge in [-0.1, -0.05) is 29.8 Å². The number of halogens is 1. The summed E-state index contributed by atoms with van der Waals surface area (Å²) in [4.78, 5) is 42.3. The molecule has 6 rings (SSSR count). The molecule has 2 atom stereocenters. The maximum atomic E-state index is 13.6. The maximum Gasteiger partial charge on any atom is 0.220 e. The highest BCUT2D eigenvalue weighted by atomic mass is 35.5. The molecule has 0 fully saturated rings. The molecule has 2 amide bonds. The fourth-order valence-corrected chi connectivity index (χ4v) is 7.41. The van der Waals surface area contributed by atoms with Crippen LogP contribution in [0.1, 0.15) is 73.5 Å². The normalized spacial score (nSPS) is 16.5. The van der Waals surface area contributed by atoms with Gasteiger partial charge in [-0.25, -0.2) is 0 Å². The lowest BCUT2D eigenvalue weighted by Crippen LogP contribution is -2.31. The van der Waals surface area contributed by atoms with Gasteiger partial charge in [0.25, 0.3) is 0 Å². The molecule has 4 aromatic rings. The SMILES string of the molecule is COc1cc2c(c(OC)c1OC)-c1ccc(NCCCC(=O)N[C@@H]3CCCc4c3[nH]c3c(Cl)cccc43)c(=O)cc1[C@@H](NC(C)=O)CC2. The molecule has 0 spiro atoms. The molecule has 2 aliphatic rings. The van der Waals surface area contributed by atoms with Gasteiger partial charge in [0.15, 0.2) is 11.5 Å². The third kappa shape index (κ3) is 6.41. The number of ether oxygens (including phenoxy) is 3. The number of H-pyrrole nitrogens is 1. The first-order chi connectivity index (χ1) is 23.2. The number of nitrogens with one attached hydrogen (secondary N) is 4. The predicted molar refractivity (Wildman–Crippen MR) is 188 cm³/mol. The zero-order valence-corrected chi connectivity index (χ0v) is 28.4. The average molecular weight is 673 g/mol. The molecule has 1 heterocycles. The summed E-state index contributed by atoms with van der Waals surface area (Å²) in [5, 5.41) is 11.3. The lowest BCUT2D eigenvalue weighted by molar-refractivity contribution is -0.122. The van der Waals surface area contributed by atoms with Crippen LogP contribution in [0.5, 0.6) is 17.2 Å². The second-order valence-electron chi connectivity index (χ2n) is 12.3. The fourth-order valence-electron chi connectivity index (χ4n) is 7.19. The van der Waals surface area contributed by atoms with Crippen LogP contribution in [0.25, 0.3) is 22.0 Å². The van der Waals surface area contributed by atoms with Crippen LogP contribution in [0.2, 0.25) is 5.02 Å². The number of aryl methyl sites for hydroxylation is 2. The van der Waals surface area contributed by atoms with Crippen LogP contribution in [0, 0.1) is 0 Å². The average Bonchev–Trinajstić information content (AvgIpc) is 3.31. The number of para-hydroxylation sites is 1. The van der Waals surface area contributed by atoms with Crippen LogP contribution in [-0.4, -0.2) is 44.7 Å². The van der Waals surface area contributed by atoms with Gasteiger partial charge in [-0.3, -0.25) is 14.4 Å². The molecule has 10 nitrogen and oxygen atoms in total. The lowest BCUT2D eigenvalue weighted by Gasteiger charge is -2.24. The van der Waals surface area contributed by atoms with Crippen LogP contribution >= 0.6 is 11.6 Å². The number of benzene rings is 2. The number of fused-ring (bicyclic) bond motifs is 6. The summed E-state index contributed by atoms with van der Waals surface area (Å²) in [6, 6.07) is 12.6. The number of hydrogen-bond donors (Lipinski definition) is 4. The highest BCUT2D eigenvalue weighted by molar-refractivity contribution is 6.35. The number of rotatable bonds is 10. The summed E-state index contributed by atoms with van der Waals surface area (Å²) in [5.74, 6) is 1.26. The highest BCUT2D eigenvalue weighted by Gasteiger charge is 2.30. The molecule has 252 valence electrons. The number of amides is 2. The third-order valence-corrected chi connectivity index (χ3v) is 9.65. The zero-order valence-electron chi connectivity index (χ0n) is 27.7. The highest BCUT2D eigenvalue weighted by Crippen LogP contribution is 2.50. The van der Waals surface area contributed by atoms with Crippen LogP contribution in [0.3, 0.4) is 0 Å². The number of aromatic nitrogens is 1. The molecule has 0 saturated carbocycles. The topological polar surface area (TPSA) is 131 Å². The smallest absolute Gasteiger partial charge is 0.220 e. The predicted octanol–water partition coefficient (Wildman–Crippen LogP) is 6.38. The Morgan fingerprint density at radius 2 is 1.77 bits per heavy atom. The number of methoxy groups -OCH3 is 3. The summed E-state index contributed by atoms with van der Waals surface area (Å²) in [6.07, 6.45) is 4.83. The number of carbonyl (C=O) groups is 2. The molecule has 11 heteroatoms. The van der Waals surface area contributed by atoms with E-state index in [9.17, 15) is 14.4 Å². The van der Waals surface area contributed by atoms with Gasteiger partial charge in [-0.2, -0.15) is 0 Å². The summed E-state index contributed by atoms with van der Waals surface area (Å²) >= 11 is 6.44. The van der Waals surface area contributed by atoms with E-state index >= 15 is 0 Å². The van der Waals surface area contributed by atoms with E-state index in [0.29, 0.717) is 65.8 Å². The van der Waals surface area contributed by atoms with E-state index in [1.54, 1.807) is 33.5 Å². The molecule has 0 radical (unpaired) electrons. The first-order valence-electron chi connectivity index (χ1n) is 16.3. The Hall–Kier alpha value is -4.70. The van der Waals surface area contributed by atoms with Crippen molar-refractivity contribution in [1.82, 2.24) is 15.6 Å². The summed E-state index contributed by atoms with van der Waals surface area (Å²) in [5.41, 5.74) is 6.56. The van der Waals surface area contributed by atoms with E-state index in [-0.39, 0.29) is 23.3 Å². The number of aromatic amines is 1. The van der Waals surface area contributed by atoms with Crippen LogP contribution in [0.4, 0.5) is 5.69 Å². The van der Waals surface area contributed by atoms with E-state index in [1.165, 1.54) is 12.5 Å². The van der Waals surface area contributed by atoms with Gasteiger partial charge in [-0.05, 0) is 85.0 Å². The number of anilines is 1. The molecule has 0 bridgehead atoms. The number of hydrogen-bond acceptors (Lipinski definition) is 7. The second-order valence-corrected chi connectivity index (χ2v) is 12.7. The van der Waals surface area contributed by atoms with Crippen molar-refractivity contribution in [2.24, 2.45) is 0 Å². The van der Waals surface area contributed by atoms with Crippen molar-refractivity contribution in [3.05, 3.63) is 80.1 Å². The molecule has 0 unspecified atom stereocenters. The molecular formula is C37H41ClN4O6. The van der Waals surface area contributed by atoms with E-state index in [2.05, 4.69) is 27.0 Å². The Bertz CT molecular complexity index is 1940. The Morgan fingerprint density at radius 3 is 2.52 bits per heavy atom. The monoisotopic (exact) mass is 672 g/mol. The second kappa shape index (κ2) is 14.2. The summed E-state index contributed by atoms with van der Waals surface area (Å²) in [6.45, 7) is 1.90. The van der Waals surface area contributed by atoms with Crippen molar-refractivity contribution in [2.75, 3.05) is 33.2 Å². The molecule has 0 saturated heterocycles. The van der Waals surface area contributed by atoms with Crippen molar-refractivity contribution in [1.29, 1.82) is 0 Å². The van der Waals surface area contributed by atoms with Crippen molar-refractivity contribution in [3.8, 4) is 28.4 Å². The van der Waals surface area contributed by atoms with Crippen LogP contribution < -0.4 is 35.6 Å². The molecule has 2 aliphatic carbocycles. The molecular weight excluding hydrogens is 632 g/mol. The van der Waals surface area contributed by atoms with Gasteiger partial charge in [0.05, 0.1) is 49.6 Å². The van der Waals surface area contributed by atoms with Crippen molar-refractivity contribution in [2.45, 2.75) is 64.0 Å². The minimum absolute atomic E-state index is 0.0432. The zero-order chi connectivity index (χ0) is 33.9. The molecule has 1 aromatic heterocycles. The summed E-state index contributed by atoms with van der Waals surface area (Å²) < 4.78 is 17.1. The molecule has 48 heavy (non-hydrogen) atoms. The largest absolute Gasteiger partial charge is 0.493 e. The Kier molecular flexibility index (Phi) is 9.82. The van der Waals surface area contributed by atoms with Gasteiger partial charge in [-0.15, -0.1) is 0 Å². The van der Waals surface area contributed by atoms with Gasteiger partial charge in [0.1, 0.15) is 0 Å². The fraction of sp³-hybridized carbons (Fsp3) is 0.378. The standard InChI is InChI=1S/C37H41ClN4O6/c1-20(43)40-27-15-13-21-18-31(46-2)36(47-3)37(48-4)33(21)22-14-16-28(30(44)19-25(22)27)39-17-7-12-32(45)41-29-11-6-9-24-23-8-5-10-26(38)34(23)42-35(24)29/h5,8,10,14,16,18-19,27,29,42H,6-7,9,11-13,15,17H2,1-4H3,(H,39,44)(H,40,43)(H,41,45)/t27-,29+/m0/s1. The first-order valence-corrected chi connectivity index (χ1v) is 16.7. The van der Waals surface area contributed by atoms with E-state index in [0.717, 1.165) is 52.5 Å². The van der Waals surface area contributed by atoms with Gasteiger partial charge >= 0.3 is 0 Å². The van der Waals surface area contributed by atoms with Gasteiger partial charge in [0, 0.05) is 36.5 Å². The lowest BCUT2D eigenvalue weighted by atomic mass is 9.91. The molecule has 4 N–H and O–H groups in total.